The van der Waals surface area contributed by atoms with Gasteiger partial charge in [0.2, 0.25) is 5.60 Å². The standard InChI is InChI=1S/C14H24F3N5O.HI/c1-10(2)4-6-20-12(18)21-7-5-13(23,14(15,16)17)11-19-8-9-22(11)3;/h8-10,23H,4-7H2,1-3H3,(H3,18,20,21);1H. The van der Waals surface area contributed by atoms with E-state index in [2.05, 4.69) is 15.3 Å². The molecule has 0 amide bonds. The predicted octanol–water partition coefficient (Wildman–Crippen LogP) is 2.13. The predicted molar refractivity (Wildman–Crippen MR) is 97.1 cm³/mol. The summed E-state index contributed by atoms with van der Waals surface area (Å²) in [5, 5.41) is 12.7. The number of alkyl halides is 3. The molecule has 0 aliphatic carbocycles. The van der Waals surface area contributed by atoms with Crippen molar-refractivity contribution in [1.82, 2.24) is 14.9 Å². The Morgan fingerprint density at radius 1 is 1.46 bits per heavy atom. The van der Waals surface area contributed by atoms with Crippen LogP contribution < -0.4 is 11.1 Å². The van der Waals surface area contributed by atoms with Gasteiger partial charge in [-0.2, -0.15) is 13.2 Å². The lowest BCUT2D eigenvalue weighted by Gasteiger charge is -2.30. The van der Waals surface area contributed by atoms with E-state index in [1.165, 1.54) is 19.4 Å². The van der Waals surface area contributed by atoms with Gasteiger partial charge in [0.25, 0.3) is 0 Å². The summed E-state index contributed by atoms with van der Waals surface area (Å²) in [6.07, 6.45) is -2.08. The fourth-order valence-electron chi connectivity index (χ4n) is 2.02. The summed E-state index contributed by atoms with van der Waals surface area (Å²) in [6, 6.07) is 0. The van der Waals surface area contributed by atoms with E-state index < -0.39 is 24.0 Å². The molecule has 0 saturated heterocycles. The Hall–Kier alpha value is -1.04. The minimum Gasteiger partial charge on any atom is -0.374 e. The van der Waals surface area contributed by atoms with Gasteiger partial charge >= 0.3 is 6.18 Å². The minimum atomic E-state index is -4.85. The van der Waals surface area contributed by atoms with Crippen LogP contribution in [0.1, 0.15) is 32.5 Å². The Morgan fingerprint density at radius 3 is 2.54 bits per heavy atom. The third-order valence-electron chi connectivity index (χ3n) is 3.44. The van der Waals surface area contributed by atoms with Gasteiger partial charge in [-0.1, -0.05) is 13.8 Å². The molecule has 1 aromatic heterocycles. The van der Waals surface area contributed by atoms with Crippen LogP contribution in [0.4, 0.5) is 13.2 Å². The summed E-state index contributed by atoms with van der Waals surface area (Å²) in [7, 11) is 1.40. The number of aromatic nitrogens is 2. The van der Waals surface area contributed by atoms with Crippen LogP contribution in [-0.2, 0) is 12.6 Å². The molecular weight excluding hydrogens is 438 g/mol. The summed E-state index contributed by atoms with van der Waals surface area (Å²) in [5.41, 5.74) is 2.56. The molecule has 0 aliphatic heterocycles. The molecule has 0 bridgehead atoms. The van der Waals surface area contributed by atoms with Gasteiger partial charge in [-0.25, -0.2) is 4.98 Å². The van der Waals surface area contributed by atoms with Crippen LogP contribution in [0.5, 0.6) is 0 Å². The monoisotopic (exact) mass is 463 g/mol. The van der Waals surface area contributed by atoms with Crippen LogP contribution in [0.25, 0.3) is 0 Å². The molecule has 4 N–H and O–H groups in total. The molecule has 10 heteroatoms. The minimum absolute atomic E-state index is 0. The van der Waals surface area contributed by atoms with Crippen molar-refractivity contribution in [3.05, 3.63) is 18.2 Å². The molecule has 0 aromatic carbocycles. The van der Waals surface area contributed by atoms with E-state index in [1.807, 2.05) is 13.8 Å². The summed E-state index contributed by atoms with van der Waals surface area (Å²) >= 11 is 0. The van der Waals surface area contributed by atoms with Crippen LogP contribution in [0.15, 0.2) is 17.4 Å². The molecular formula is C14H25F3IN5O. The number of hydrogen-bond acceptors (Lipinski definition) is 3. The zero-order valence-electron chi connectivity index (χ0n) is 14.0. The SMILES string of the molecule is CC(C)CCN=C(N)NCCC(O)(c1nccn1C)C(F)(F)F.I. The first-order valence-electron chi connectivity index (χ1n) is 7.38. The summed E-state index contributed by atoms with van der Waals surface area (Å²) in [6.45, 7) is 4.39. The maximum atomic E-state index is 13.3. The van der Waals surface area contributed by atoms with Gasteiger partial charge in [-0.3, -0.25) is 4.99 Å². The van der Waals surface area contributed by atoms with Crippen LogP contribution in [0.2, 0.25) is 0 Å². The Bertz CT molecular complexity index is 533. The fraction of sp³-hybridized carbons (Fsp3) is 0.714. The van der Waals surface area contributed by atoms with E-state index in [1.54, 1.807) is 0 Å². The average molecular weight is 463 g/mol. The third kappa shape index (κ3) is 6.11. The molecule has 6 nitrogen and oxygen atoms in total. The number of hydrogen-bond donors (Lipinski definition) is 3. The average Bonchev–Trinajstić information content (AvgIpc) is 2.83. The smallest absolute Gasteiger partial charge is 0.374 e. The van der Waals surface area contributed by atoms with Crippen LogP contribution >= 0.6 is 24.0 Å². The number of aliphatic hydroxyl groups is 1. The molecule has 0 spiro atoms. The molecule has 140 valence electrons. The van der Waals surface area contributed by atoms with Crippen molar-refractivity contribution in [2.75, 3.05) is 13.1 Å². The van der Waals surface area contributed by atoms with E-state index in [-0.39, 0.29) is 36.5 Å². The third-order valence-corrected chi connectivity index (χ3v) is 3.44. The van der Waals surface area contributed by atoms with Gasteiger partial charge in [0.1, 0.15) is 5.82 Å². The molecule has 1 unspecified atom stereocenters. The van der Waals surface area contributed by atoms with Crippen molar-refractivity contribution in [1.29, 1.82) is 0 Å². The van der Waals surface area contributed by atoms with Crippen molar-refractivity contribution in [3.8, 4) is 0 Å². The number of nitrogens with two attached hydrogens (primary N) is 1. The maximum absolute atomic E-state index is 13.3. The first-order valence-corrected chi connectivity index (χ1v) is 7.38. The molecule has 24 heavy (non-hydrogen) atoms. The van der Waals surface area contributed by atoms with E-state index in [9.17, 15) is 18.3 Å². The van der Waals surface area contributed by atoms with Gasteiger partial charge in [-0.05, 0) is 12.3 Å². The fourth-order valence-corrected chi connectivity index (χ4v) is 2.02. The van der Waals surface area contributed by atoms with Crippen molar-refractivity contribution < 1.29 is 18.3 Å². The highest BCUT2D eigenvalue weighted by molar-refractivity contribution is 14.0. The topological polar surface area (TPSA) is 88.5 Å². The Labute approximate surface area is 156 Å². The van der Waals surface area contributed by atoms with E-state index >= 15 is 0 Å². The summed E-state index contributed by atoms with van der Waals surface area (Å²) in [5.74, 6) is 0.0717. The quantitative estimate of drug-likeness (QED) is 0.329. The highest BCUT2D eigenvalue weighted by atomic mass is 127. The Balaban J connectivity index is 0.00000529. The molecule has 0 fully saturated rings. The molecule has 1 aromatic rings. The van der Waals surface area contributed by atoms with Crippen molar-refractivity contribution in [2.24, 2.45) is 23.7 Å². The molecule has 0 radical (unpaired) electrons. The first-order chi connectivity index (χ1) is 10.6. The number of aliphatic imine (C=N–C) groups is 1. The van der Waals surface area contributed by atoms with E-state index in [4.69, 9.17) is 5.73 Å². The number of imidazole rings is 1. The molecule has 1 heterocycles. The highest BCUT2D eigenvalue weighted by Gasteiger charge is 2.57. The number of nitrogens with zero attached hydrogens (tertiary/aromatic N) is 3. The van der Waals surface area contributed by atoms with E-state index in [0.717, 1.165) is 11.0 Å². The van der Waals surface area contributed by atoms with Crippen LogP contribution in [-0.4, -0.2) is 39.9 Å². The van der Waals surface area contributed by atoms with Crippen LogP contribution in [0, 0.1) is 5.92 Å². The lowest BCUT2D eigenvalue weighted by atomic mass is 9.97. The first kappa shape index (κ1) is 23.0. The largest absolute Gasteiger partial charge is 0.424 e. The van der Waals surface area contributed by atoms with Gasteiger partial charge < -0.3 is 20.7 Å². The van der Waals surface area contributed by atoms with Crippen molar-refractivity contribution >= 4 is 29.9 Å². The highest BCUT2D eigenvalue weighted by Crippen LogP contribution is 2.40. The van der Waals surface area contributed by atoms with Gasteiger partial charge in [0, 0.05) is 39.0 Å². The molecule has 0 saturated carbocycles. The van der Waals surface area contributed by atoms with Crippen LogP contribution in [0.3, 0.4) is 0 Å². The molecule has 0 aliphatic rings. The zero-order valence-corrected chi connectivity index (χ0v) is 16.3. The Kier molecular flexibility index (Phi) is 9.04. The van der Waals surface area contributed by atoms with E-state index in [0.29, 0.717) is 12.5 Å². The second-order valence-corrected chi connectivity index (χ2v) is 5.85. The second-order valence-electron chi connectivity index (χ2n) is 5.85. The maximum Gasteiger partial charge on any atom is 0.424 e. The Morgan fingerprint density at radius 2 is 2.08 bits per heavy atom. The molecule has 1 atom stereocenters. The zero-order chi connectivity index (χ0) is 17.7. The van der Waals surface area contributed by atoms with Gasteiger partial charge in [-0.15, -0.1) is 24.0 Å². The number of guanidine groups is 1. The lowest BCUT2D eigenvalue weighted by Crippen LogP contribution is -2.47. The van der Waals surface area contributed by atoms with Crippen molar-refractivity contribution in [3.63, 3.8) is 0 Å². The molecule has 1 rings (SSSR count). The second kappa shape index (κ2) is 9.44. The van der Waals surface area contributed by atoms with Gasteiger partial charge in [0.15, 0.2) is 5.96 Å². The number of halogens is 4. The number of rotatable bonds is 7. The number of nitrogens with one attached hydrogen (secondary N) is 1. The van der Waals surface area contributed by atoms with Gasteiger partial charge in [0.05, 0.1) is 0 Å². The lowest BCUT2D eigenvalue weighted by molar-refractivity contribution is -0.272. The summed E-state index contributed by atoms with van der Waals surface area (Å²) < 4.78 is 41.0. The van der Waals surface area contributed by atoms with Crippen molar-refractivity contribution in [2.45, 2.75) is 38.5 Å². The normalized spacial score (nSPS) is 15.1. The summed E-state index contributed by atoms with van der Waals surface area (Å²) in [4.78, 5) is 7.65. The number of aryl methyl sites for hydroxylation is 1.